The van der Waals surface area contributed by atoms with Crippen molar-refractivity contribution in [2.75, 3.05) is 11.8 Å². The molecule has 0 aromatic carbocycles. The van der Waals surface area contributed by atoms with Crippen molar-refractivity contribution < 1.29 is 13.2 Å². The summed E-state index contributed by atoms with van der Waals surface area (Å²) in [5.41, 5.74) is 0.222. The molecule has 2 rings (SSSR count). The van der Waals surface area contributed by atoms with E-state index in [0.717, 1.165) is 0 Å². The van der Waals surface area contributed by atoms with Crippen molar-refractivity contribution in [2.45, 2.75) is 4.90 Å². The normalized spacial score (nSPS) is 11.2. The lowest BCUT2D eigenvalue weighted by molar-refractivity contribution is 0.0955. The van der Waals surface area contributed by atoms with E-state index in [9.17, 15) is 13.2 Å². The molecule has 0 unspecified atom stereocenters. The van der Waals surface area contributed by atoms with E-state index < -0.39 is 10.0 Å². The van der Waals surface area contributed by atoms with Crippen LogP contribution < -0.4 is 10.0 Å². The summed E-state index contributed by atoms with van der Waals surface area (Å²) in [6, 6.07) is 4.06. The number of carbonyl (C=O) groups is 1. The Morgan fingerprint density at radius 2 is 2.05 bits per heavy atom. The van der Waals surface area contributed by atoms with Crippen LogP contribution in [-0.2, 0) is 17.1 Å². The predicted octanol–water partition coefficient (Wildman–Crippen LogP) is 0.629. The first kappa shape index (κ1) is 15.3. The van der Waals surface area contributed by atoms with Gasteiger partial charge in [0.15, 0.2) is 11.0 Å². The predicted molar refractivity (Wildman–Crippen MR) is 76.7 cm³/mol. The maximum Gasteiger partial charge on any atom is 0.267 e. The zero-order valence-corrected chi connectivity index (χ0v) is 12.7. The molecule has 2 N–H and O–H groups in total. The molecule has 0 bridgehead atoms. The lowest BCUT2D eigenvalue weighted by atomic mass is 10.4. The van der Waals surface area contributed by atoms with Crippen LogP contribution in [0, 0.1) is 0 Å². The Morgan fingerprint density at radius 1 is 1.33 bits per heavy atom. The van der Waals surface area contributed by atoms with Gasteiger partial charge >= 0.3 is 0 Å². The van der Waals surface area contributed by atoms with Crippen LogP contribution in [0.2, 0.25) is 5.15 Å². The molecule has 0 saturated heterocycles. The summed E-state index contributed by atoms with van der Waals surface area (Å²) < 4.78 is 28.1. The number of amides is 1. The number of anilines is 1. The maximum atomic E-state index is 12.2. The highest BCUT2D eigenvalue weighted by Crippen LogP contribution is 2.17. The molecule has 8 nitrogen and oxygen atoms in total. The van der Waals surface area contributed by atoms with Gasteiger partial charge in [0, 0.05) is 20.3 Å². The fourth-order valence-electron chi connectivity index (χ4n) is 1.60. The van der Waals surface area contributed by atoms with E-state index >= 15 is 0 Å². The van der Waals surface area contributed by atoms with E-state index in [1.807, 2.05) is 0 Å². The van der Waals surface area contributed by atoms with Gasteiger partial charge in [0.2, 0.25) is 0 Å². The highest BCUT2D eigenvalue weighted by Gasteiger charge is 2.20. The van der Waals surface area contributed by atoms with Crippen molar-refractivity contribution in [1.29, 1.82) is 0 Å². The topological polar surface area (TPSA) is 106 Å². The molecule has 0 aliphatic rings. The zero-order chi connectivity index (χ0) is 15.6. The molecule has 0 saturated carbocycles. The number of halogens is 1. The summed E-state index contributed by atoms with van der Waals surface area (Å²) in [5, 5.41) is 9.73. The summed E-state index contributed by atoms with van der Waals surface area (Å²) >= 11 is 5.58. The van der Waals surface area contributed by atoms with Crippen molar-refractivity contribution >= 4 is 33.3 Å². The van der Waals surface area contributed by atoms with Crippen LogP contribution in [0.1, 0.15) is 10.5 Å². The lowest BCUT2D eigenvalue weighted by Gasteiger charge is -2.04. The van der Waals surface area contributed by atoms with E-state index in [0.29, 0.717) is 0 Å². The summed E-state index contributed by atoms with van der Waals surface area (Å²) in [4.78, 5) is 11.5. The number of carbonyl (C=O) groups excluding carboxylic acids is 1. The fraction of sp³-hybridized carbons (Fsp3) is 0.182. The Hall–Kier alpha value is -2.13. The van der Waals surface area contributed by atoms with Gasteiger partial charge in [-0.1, -0.05) is 11.6 Å². The van der Waals surface area contributed by atoms with Gasteiger partial charge in [-0.3, -0.25) is 9.52 Å². The molecule has 2 aromatic rings. The van der Waals surface area contributed by atoms with Crippen molar-refractivity contribution in [3.8, 4) is 0 Å². The Bertz CT molecular complexity index is 770. The van der Waals surface area contributed by atoms with E-state index in [-0.39, 0.29) is 27.5 Å². The Labute approximate surface area is 126 Å². The van der Waals surface area contributed by atoms with Crippen LogP contribution in [0.5, 0.6) is 0 Å². The molecule has 0 spiro atoms. The molecule has 2 aromatic heterocycles. The lowest BCUT2D eigenvalue weighted by Crippen LogP contribution is -2.20. The molecular weight excluding hydrogens is 318 g/mol. The molecule has 1 amide bonds. The molecule has 0 aliphatic carbocycles. The second kappa shape index (κ2) is 5.70. The van der Waals surface area contributed by atoms with Gasteiger partial charge < -0.3 is 9.88 Å². The maximum absolute atomic E-state index is 12.2. The first-order valence-electron chi connectivity index (χ1n) is 5.74. The summed E-state index contributed by atoms with van der Waals surface area (Å²) in [6.07, 6.45) is 1.33. The summed E-state index contributed by atoms with van der Waals surface area (Å²) in [7, 11) is -0.828. The number of aryl methyl sites for hydroxylation is 1. The van der Waals surface area contributed by atoms with E-state index in [2.05, 4.69) is 20.2 Å². The SMILES string of the molecule is CNC(=O)c1cc(S(=O)(=O)Nc2ccc(Cl)nn2)cn1C. The molecule has 10 heteroatoms. The van der Waals surface area contributed by atoms with Gasteiger partial charge in [-0.15, -0.1) is 10.2 Å². The van der Waals surface area contributed by atoms with Gasteiger partial charge in [0.1, 0.15) is 10.6 Å². The van der Waals surface area contributed by atoms with E-state index in [1.54, 1.807) is 7.05 Å². The standard InChI is InChI=1S/C11H12ClN5O3S/c1-13-11(18)8-5-7(6-17(8)2)21(19,20)16-10-4-3-9(12)14-15-10/h3-6H,1-2H3,(H,13,18)(H,15,16). The molecule has 0 radical (unpaired) electrons. The number of aromatic nitrogens is 3. The molecule has 112 valence electrons. The number of sulfonamides is 1. The van der Waals surface area contributed by atoms with Crippen LogP contribution in [0.15, 0.2) is 29.3 Å². The monoisotopic (exact) mass is 329 g/mol. The Balaban J connectivity index is 2.31. The zero-order valence-electron chi connectivity index (χ0n) is 11.2. The van der Waals surface area contributed by atoms with Gasteiger partial charge in [0.25, 0.3) is 15.9 Å². The van der Waals surface area contributed by atoms with Gasteiger partial charge in [-0.2, -0.15) is 0 Å². The molecule has 0 aliphatic heterocycles. The Kier molecular flexibility index (Phi) is 4.14. The summed E-state index contributed by atoms with van der Waals surface area (Å²) in [6.45, 7) is 0. The molecule has 21 heavy (non-hydrogen) atoms. The average molecular weight is 330 g/mol. The third kappa shape index (κ3) is 3.31. The average Bonchev–Trinajstić information content (AvgIpc) is 2.83. The fourth-order valence-corrected chi connectivity index (χ4v) is 2.77. The van der Waals surface area contributed by atoms with Gasteiger partial charge in [-0.05, 0) is 18.2 Å². The van der Waals surface area contributed by atoms with Crippen molar-refractivity contribution in [1.82, 2.24) is 20.1 Å². The number of hydrogen-bond acceptors (Lipinski definition) is 5. The smallest absolute Gasteiger partial charge is 0.267 e. The van der Waals surface area contributed by atoms with Gasteiger partial charge in [-0.25, -0.2) is 8.42 Å². The van der Waals surface area contributed by atoms with Crippen LogP contribution >= 0.6 is 11.6 Å². The molecule has 0 atom stereocenters. The van der Waals surface area contributed by atoms with Crippen molar-refractivity contribution in [2.24, 2.45) is 7.05 Å². The first-order valence-corrected chi connectivity index (χ1v) is 7.60. The van der Waals surface area contributed by atoms with Gasteiger partial charge in [0.05, 0.1) is 0 Å². The summed E-state index contributed by atoms with van der Waals surface area (Å²) in [5.74, 6) is -0.352. The van der Waals surface area contributed by atoms with Crippen LogP contribution in [0.25, 0.3) is 0 Å². The largest absolute Gasteiger partial charge is 0.354 e. The third-order valence-electron chi connectivity index (χ3n) is 2.62. The molecular formula is C11H12ClN5O3S. The molecule has 2 heterocycles. The first-order chi connectivity index (χ1) is 9.83. The highest BCUT2D eigenvalue weighted by molar-refractivity contribution is 7.92. The van der Waals surface area contributed by atoms with Crippen LogP contribution in [-0.4, -0.2) is 36.1 Å². The second-order valence-corrected chi connectivity index (χ2v) is 6.17. The second-order valence-electron chi connectivity index (χ2n) is 4.10. The number of nitrogens with zero attached hydrogens (tertiary/aromatic N) is 3. The molecule has 0 fully saturated rings. The quantitative estimate of drug-likeness (QED) is 0.855. The minimum atomic E-state index is -3.87. The Morgan fingerprint density at radius 3 is 2.62 bits per heavy atom. The third-order valence-corrected chi connectivity index (χ3v) is 4.14. The number of hydrogen-bond donors (Lipinski definition) is 2. The number of rotatable bonds is 4. The minimum Gasteiger partial charge on any atom is -0.354 e. The van der Waals surface area contributed by atoms with Crippen LogP contribution in [0.4, 0.5) is 5.82 Å². The van der Waals surface area contributed by atoms with E-state index in [1.165, 1.54) is 36.0 Å². The number of nitrogens with one attached hydrogen (secondary N) is 2. The van der Waals surface area contributed by atoms with Crippen LogP contribution in [0.3, 0.4) is 0 Å². The minimum absolute atomic E-state index is 0.0322. The van der Waals surface area contributed by atoms with E-state index in [4.69, 9.17) is 11.6 Å². The highest BCUT2D eigenvalue weighted by atomic mass is 35.5. The van der Waals surface area contributed by atoms with Crippen molar-refractivity contribution in [3.63, 3.8) is 0 Å². The van der Waals surface area contributed by atoms with Crippen molar-refractivity contribution in [3.05, 3.63) is 35.2 Å².